The molecule has 0 amide bonds. The topological polar surface area (TPSA) is 21.6 Å². The Balaban J connectivity index is 1.79. The van der Waals surface area contributed by atoms with Crippen LogP contribution in [0.4, 0.5) is 4.39 Å². The van der Waals surface area contributed by atoms with E-state index in [9.17, 15) is 4.39 Å². The highest BCUT2D eigenvalue weighted by Crippen LogP contribution is 2.35. The van der Waals surface area contributed by atoms with Gasteiger partial charge in [0.25, 0.3) is 0 Å². The first-order valence-electron chi connectivity index (χ1n) is 7.01. The monoisotopic (exact) mass is 433 g/mol. The van der Waals surface area contributed by atoms with E-state index in [1.165, 1.54) is 0 Å². The summed E-state index contributed by atoms with van der Waals surface area (Å²) in [6.45, 7) is 0.715. The summed E-state index contributed by atoms with van der Waals surface area (Å²) in [5.74, 6) is 0.449. The Morgan fingerprint density at radius 3 is 2.43 bits per heavy atom. The van der Waals surface area contributed by atoms with Crippen molar-refractivity contribution in [3.05, 3.63) is 68.9 Å². The predicted molar refractivity (Wildman–Crippen MR) is 97.2 cm³/mol. The van der Waals surface area contributed by atoms with Gasteiger partial charge in [-0.2, -0.15) is 0 Å². The highest BCUT2D eigenvalue weighted by molar-refractivity contribution is 9.10. The lowest BCUT2D eigenvalue weighted by Gasteiger charge is -2.12. The molecule has 0 bridgehead atoms. The van der Waals surface area contributed by atoms with Crippen molar-refractivity contribution in [2.75, 3.05) is 6.54 Å². The number of aliphatic imine (C=N–C) groups is 1. The third-order valence-electron chi connectivity index (χ3n) is 3.67. The van der Waals surface area contributed by atoms with Crippen molar-refractivity contribution in [1.29, 1.82) is 0 Å². The van der Waals surface area contributed by atoms with Crippen LogP contribution in [0.25, 0.3) is 10.8 Å². The number of rotatable bonds is 3. The standard InChI is InChI=1S/C18H10Br2FNO/c19-11-2-4-13-10(7-11)1-6-16(18(13)21)23-17-8-12(20)3-5-14(17)15-9-22-15/h1-8H,9H2. The van der Waals surface area contributed by atoms with Gasteiger partial charge < -0.3 is 4.74 Å². The largest absolute Gasteiger partial charge is 0.454 e. The molecule has 3 aromatic rings. The van der Waals surface area contributed by atoms with E-state index >= 15 is 0 Å². The summed E-state index contributed by atoms with van der Waals surface area (Å²) in [6, 6.07) is 14.6. The molecule has 5 heteroatoms. The highest BCUT2D eigenvalue weighted by Gasteiger charge is 2.19. The molecule has 0 N–H and O–H groups in total. The van der Waals surface area contributed by atoms with E-state index in [-0.39, 0.29) is 11.6 Å². The summed E-state index contributed by atoms with van der Waals surface area (Å²) in [5.41, 5.74) is 1.89. The second kappa shape index (κ2) is 5.73. The number of halogens is 3. The van der Waals surface area contributed by atoms with E-state index in [4.69, 9.17) is 4.74 Å². The molecule has 3 aromatic carbocycles. The third kappa shape index (κ3) is 2.91. The van der Waals surface area contributed by atoms with Crippen LogP contribution < -0.4 is 4.74 Å². The Bertz CT molecular complexity index is 969. The lowest BCUT2D eigenvalue weighted by molar-refractivity contribution is 0.445. The Labute approximate surface area is 149 Å². The molecule has 0 radical (unpaired) electrons. The summed E-state index contributed by atoms with van der Waals surface area (Å²) in [5, 5.41) is 1.36. The summed E-state index contributed by atoms with van der Waals surface area (Å²) in [6.07, 6.45) is 0. The van der Waals surface area contributed by atoms with E-state index in [1.54, 1.807) is 12.1 Å². The number of fused-ring (bicyclic) bond motifs is 1. The quantitative estimate of drug-likeness (QED) is 0.488. The summed E-state index contributed by atoms with van der Waals surface area (Å²) in [7, 11) is 0. The molecule has 0 aliphatic carbocycles. The average molecular weight is 435 g/mol. The van der Waals surface area contributed by atoms with Gasteiger partial charge in [0.2, 0.25) is 0 Å². The van der Waals surface area contributed by atoms with Gasteiger partial charge in [0.1, 0.15) is 5.75 Å². The molecule has 4 rings (SSSR count). The van der Waals surface area contributed by atoms with Gasteiger partial charge >= 0.3 is 0 Å². The first kappa shape index (κ1) is 14.8. The molecule has 0 saturated carbocycles. The maximum atomic E-state index is 14.8. The van der Waals surface area contributed by atoms with Crippen molar-refractivity contribution in [1.82, 2.24) is 0 Å². The van der Waals surface area contributed by atoms with Crippen LogP contribution in [0, 0.1) is 5.82 Å². The molecule has 1 aliphatic rings. The van der Waals surface area contributed by atoms with Crippen molar-refractivity contribution in [3.63, 3.8) is 0 Å². The highest BCUT2D eigenvalue weighted by atomic mass is 79.9. The zero-order valence-corrected chi connectivity index (χ0v) is 15.0. The molecule has 0 fully saturated rings. The molecule has 2 nitrogen and oxygen atoms in total. The zero-order chi connectivity index (χ0) is 16.0. The van der Waals surface area contributed by atoms with E-state index in [2.05, 4.69) is 36.9 Å². The van der Waals surface area contributed by atoms with Crippen LogP contribution in [0.2, 0.25) is 0 Å². The molecule has 1 heterocycles. The normalized spacial score (nSPS) is 13.1. The van der Waals surface area contributed by atoms with Crippen molar-refractivity contribution in [3.8, 4) is 11.5 Å². The van der Waals surface area contributed by atoms with E-state index < -0.39 is 0 Å². The fraction of sp³-hybridized carbons (Fsp3) is 0.0556. The van der Waals surface area contributed by atoms with E-state index in [1.807, 2.05) is 36.4 Å². The summed E-state index contributed by atoms with van der Waals surface area (Å²) >= 11 is 6.82. The van der Waals surface area contributed by atoms with Gasteiger partial charge in [-0.15, -0.1) is 0 Å². The van der Waals surface area contributed by atoms with Crippen molar-refractivity contribution in [2.45, 2.75) is 0 Å². The van der Waals surface area contributed by atoms with E-state index in [0.717, 1.165) is 25.6 Å². The number of nitrogens with zero attached hydrogens (tertiary/aromatic N) is 1. The molecule has 0 atom stereocenters. The Kier molecular flexibility index (Phi) is 3.70. The number of ether oxygens (including phenoxy) is 1. The lowest BCUT2D eigenvalue weighted by atomic mass is 10.1. The summed E-state index contributed by atoms with van der Waals surface area (Å²) in [4.78, 5) is 4.21. The second-order valence-corrected chi connectivity index (χ2v) is 7.08. The summed E-state index contributed by atoms with van der Waals surface area (Å²) < 4.78 is 22.4. The first-order valence-corrected chi connectivity index (χ1v) is 8.59. The van der Waals surface area contributed by atoms with Crippen LogP contribution >= 0.6 is 31.9 Å². The van der Waals surface area contributed by atoms with Crippen molar-refractivity contribution >= 4 is 48.3 Å². The number of hydrogen-bond acceptors (Lipinski definition) is 2. The number of hydrogen-bond donors (Lipinski definition) is 0. The minimum Gasteiger partial charge on any atom is -0.454 e. The van der Waals surface area contributed by atoms with Crippen LogP contribution in [0.3, 0.4) is 0 Å². The number of benzene rings is 3. The van der Waals surface area contributed by atoms with Crippen LogP contribution in [0.5, 0.6) is 11.5 Å². The van der Waals surface area contributed by atoms with Crippen molar-refractivity contribution < 1.29 is 9.13 Å². The Morgan fingerprint density at radius 2 is 1.65 bits per heavy atom. The van der Waals surface area contributed by atoms with Crippen LogP contribution in [0.1, 0.15) is 5.56 Å². The van der Waals surface area contributed by atoms with Crippen LogP contribution in [-0.4, -0.2) is 12.3 Å². The molecule has 0 aromatic heterocycles. The predicted octanol–water partition coefficient (Wildman–Crippen LogP) is 6.10. The van der Waals surface area contributed by atoms with Gasteiger partial charge in [0, 0.05) is 19.9 Å². The molecular formula is C18H10Br2FNO. The minimum atomic E-state index is -0.362. The van der Waals surface area contributed by atoms with Crippen molar-refractivity contribution in [2.24, 2.45) is 4.99 Å². The molecule has 23 heavy (non-hydrogen) atoms. The molecular weight excluding hydrogens is 425 g/mol. The maximum absolute atomic E-state index is 14.8. The molecule has 114 valence electrons. The van der Waals surface area contributed by atoms with Gasteiger partial charge in [-0.05, 0) is 41.8 Å². The van der Waals surface area contributed by atoms with E-state index in [0.29, 0.717) is 17.7 Å². The lowest BCUT2D eigenvalue weighted by Crippen LogP contribution is -1.96. The molecule has 0 spiro atoms. The van der Waals surface area contributed by atoms with Gasteiger partial charge in [-0.1, -0.05) is 44.0 Å². The van der Waals surface area contributed by atoms with Gasteiger partial charge in [-0.25, -0.2) is 4.39 Å². The zero-order valence-electron chi connectivity index (χ0n) is 11.8. The van der Waals surface area contributed by atoms with Crippen LogP contribution in [-0.2, 0) is 0 Å². The molecule has 0 saturated heterocycles. The Morgan fingerprint density at radius 1 is 0.913 bits per heavy atom. The van der Waals surface area contributed by atoms with Crippen LogP contribution in [0.15, 0.2) is 62.5 Å². The van der Waals surface area contributed by atoms with Gasteiger partial charge in [-0.3, -0.25) is 4.99 Å². The first-order chi connectivity index (χ1) is 11.1. The minimum absolute atomic E-state index is 0.209. The maximum Gasteiger partial charge on any atom is 0.173 e. The fourth-order valence-corrected chi connectivity index (χ4v) is 3.19. The average Bonchev–Trinajstić information content (AvgIpc) is 3.35. The Hall–Kier alpha value is -1.72. The molecule has 1 aliphatic heterocycles. The van der Waals surface area contributed by atoms with Gasteiger partial charge in [0.15, 0.2) is 11.6 Å². The second-order valence-electron chi connectivity index (χ2n) is 5.25. The van der Waals surface area contributed by atoms with Gasteiger partial charge in [0.05, 0.1) is 12.3 Å². The fourth-order valence-electron chi connectivity index (χ4n) is 2.47. The molecule has 0 unspecified atom stereocenters. The third-order valence-corrected chi connectivity index (χ3v) is 4.66. The SMILES string of the molecule is Fc1c(Oc2cc(Br)ccc2C2=NC2)ccc2cc(Br)ccc12. The smallest absolute Gasteiger partial charge is 0.173 e.